The summed E-state index contributed by atoms with van der Waals surface area (Å²) in [6.07, 6.45) is 0. The predicted octanol–water partition coefficient (Wildman–Crippen LogP) is 16.8. The maximum absolute atomic E-state index is 2.52. The Bertz CT molecular complexity index is 3510. The van der Waals surface area contributed by atoms with E-state index in [1.807, 2.05) is 0 Å². The van der Waals surface area contributed by atoms with Crippen molar-refractivity contribution in [2.24, 2.45) is 0 Å². The van der Waals surface area contributed by atoms with E-state index < -0.39 is 5.41 Å². The molecule has 1 heteroatoms. The van der Waals surface area contributed by atoms with Gasteiger partial charge in [-0.1, -0.05) is 220 Å². The third kappa shape index (κ3) is 5.55. The molecule has 3 aliphatic carbocycles. The zero-order valence-electron chi connectivity index (χ0n) is 38.0. The summed E-state index contributed by atoms with van der Waals surface area (Å²) < 4.78 is 0. The van der Waals surface area contributed by atoms with Crippen molar-refractivity contribution in [1.29, 1.82) is 0 Å². The van der Waals surface area contributed by atoms with Gasteiger partial charge >= 0.3 is 0 Å². The Kier molecular flexibility index (Phi) is 8.67. The first-order valence-electron chi connectivity index (χ1n) is 23.7. The molecule has 0 aliphatic heterocycles. The van der Waals surface area contributed by atoms with Gasteiger partial charge in [0.25, 0.3) is 0 Å². The molecule has 1 unspecified atom stereocenters. The lowest BCUT2D eigenvalue weighted by Crippen LogP contribution is -2.28. The maximum atomic E-state index is 2.52. The molecule has 1 atom stereocenters. The smallest absolute Gasteiger partial charge is 0.0714 e. The topological polar surface area (TPSA) is 3.24 Å². The van der Waals surface area contributed by atoms with Gasteiger partial charge in [0.2, 0.25) is 0 Å². The predicted molar refractivity (Wildman–Crippen MR) is 279 cm³/mol. The number of rotatable bonds is 7. The van der Waals surface area contributed by atoms with Crippen LogP contribution < -0.4 is 4.90 Å². The first-order chi connectivity index (χ1) is 32.9. The van der Waals surface area contributed by atoms with Crippen LogP contribution in [0.4, 0.5) is 17.1 Å². The van der Waals surface area contributed by atoms with E-state index in [2.05, 4.69) is 268 Å². The highest BCUT2D eigenvalue weighted by Crippen LogP contribution is 2.59. The van der Waals surface area contributed by atoms with E-state index in [-0.39, 0.29) is 10.8 Å². The zero-order valence-corrected chi connectivity index (χ0v) is 38.0. The van der Waals surface area contributed by atoms with Gasteiger partial charge in [0.05, 0.1) is 11.1 Å². The molecule has 10 aromatic rings. The first-order valence-corrected chi connectivity index (χ1v) is 23.7. The summed E-state index contributed by atoms with van der Waals surface area (Å²) in [5, 5.41) is 0. The maximum Gasteiger partial charge on any atom is 0.0714 e. The Labute approximate surface area is 394 Å². The molecule has 13 rings (SSSR count). The molecular formula is C66H49N. The lowest BCUT2D eigenvalue weighted by Gasteiger charge is -2.35. The van der Waals surface area contributed by atoms with Crippen LogP contribution in [0, 0.1) is 0 Å². The number of anilines is 3. The van der Waals surface area contributed by atoms with Crippen molar-refractivity contribution >= 4 is 17.1 Å². The van der Waals surface area contributed by atoms with Gasteiger partial charge in [-0.2, -0.15) is 0 Å². The second kappa shape index (κ2) is 14.8. The minimum absolute atomic E-state index is 0.145. The monoisotopic (exact) mass is 855 g/mol. The minimum Gasteiger partial charge on any atom is -0.310 e. The van der Waals surface area contributed by atoms with Crippen LogP contribution in [0.2, 0.25) is 0 Å². The highest BCUT2D eigenvalue weighted by atomic mass is 15.1. The average Bonchev–Trinajstić information content (AvgIpc) is 3.93. The molecule has 1 nitrogen and oxygen atoms in total. The highest BCUT2D eigenvalue weighted by Gasteiger charge is 2.47. The summed E-state index contributed by atoms with van der Waals surface area (Å²) in [5.74, 6) is 0. The Morgan fingerprint density at radius 2 is 0.776 bits per heavy atom. The van der Waals surface area contributed by atoms with E-state index in [4.69, 9.17) is 0 Å². The Morgan fingerprint density at radius 3 is 1.45 bits per heavy atom. The van der Waals surface area contributed by atoms with E-state index in [1.54, 1.807) is 0 Å². The van der Waals surface area contributed by atoms with Crippen molar-refractivity contribution in [3.8, 4) is 44.5 Å². The summed E-state index contributed by atoms with van der Waals surface area (Å²) >= 11 is 0. The molecule has 0 bridgehead atoms. The number of fused-ring (bicyclic) bond motifs is 9. The van der Waals surface area contributed by atoms with Crippen LogP contribution in [0.25, 0.3) is 44.5 Å². The van der Waals surface area contributed by atoms with Gasteiger partial charge in [-0.15, -0.1) is 0 Å². The molecule has 67 heavy (non-hydrogen) atoms. The Morgan fingerprint density at radius 1 is 0.299 bits per heavy atom. The van der Waals surface area contributed by atoms with E-state index >= 15 is 0 Å². The average molecular weight is 856 g/mol. The van der Waals surface area contributed by atoms with Crippen LogP contribution in [0.5, 0.6) is 0 Å². The summed E-state index contributed by atoms with van der Waals surface area (Å²) in [6, 6.07) is 90.9. The standard InChI is InChI=1S/C66H49N/c1-64(2)56-29-16-15-28-55(56)63-59(64)32-19-33-62(63)67(50-39-41-54-52-27-14-18-31-58(52)66(61(54)43-50,47-22-9-5-10-23-47)48-24-11-6-12-25-48)49-37-34-44(35-38-49)45-36-40-53-51-26-13-17-30-57(51)65(3,60(53)42-45)46-20-7-4-8-21-46/h4-43H,1-3H3. The molecule has 0 saturated carbocycles. The molecule has 0 radical (unpaired) electrons. The van der Waals surface area contributed by atoms with Crippen LogP contribution in [0.15, 0.2) is 243 Å². The number of hydrogen-bond acceptors (Lipinski definition) is 1. The highest BCUT2D eigenvalue weighted by molar-refractivity contribution is 5.97. The molecule has 10 aromatic carbocycles. The van der Waals surface area contributed by atoms with Crippen LogP contribution in [0.3, 0.4) is 0 Å². The van der Waals surface area contributed by atoms with E-state index in [1.165, 1.54) is 100 Å². The largest absolute Gasteiger partial charge is 0.310 e. The van der Waals surface area contributed by atoms with E-state index in [9.17, 15) is 0 Å². The van der Waals surface area contributed by atoms with Crippen LogP contribution in [-0.4, -0.2) is 0 Å². The first kappa shape index (κ1) is 39.4. The van der Waals surface area contributed by atoms with E-state index in [0.29, 0.717) is 0 Å². The number of nitrogens with zero attached hydrogens (tertiary/aromatic N) is 1. The molecule has 0 amide bonds. The molecule has 0 heterocycles. The SMILES string of the molecule is CC1(C)c2ccccc2-c2c(N(c3ccc(-c4ccc5c(c4)C(C)(c4ccccc4)c4ccccc4-5)cc3)c3ccc4c(c3)C(c3ccccc3)(c3ccccc3)c3ccccc3-4)cccc21. The van der Waals surface area contributed by atoms with Crippen molar-refractivity contribution in [2.45, 2.75) is 37.0 Å². The van der Waals surface area contributed by atoms with Gasteiger partial charge in [0.15, 0.2) is 0 Å². The molecule has 0 fully saturated rings. The van der Waals surface area contributed by atoms with Gasteiger partial charge in [-0.05, 0) is 132 Å². The van der Waals surface area contributed by atoms with Gasteiger partial charge in [-0.3, -0.25) is 0 Å². The summed E-state index contributed by atoms with van der Waals surface area (Å²) in [7, 11) is 0. The van der Waals surface area contributed by atoms with Crippen LogP contribution in [0.1, 0.15) is 70.8 Å². The normalized spacial score (nSPS) is 16.3. The number of benzene rings is 10. The fraction of sp³-hybridized carbons (Fsp3) is 0.0909. The lowest BCUT2D eigenvalue weighted by molar-refractivity contribution is 0.660. The van der Waals surface area contributed by atoms with Crippen molar-refractivity contribution in [3.05, 3.63) is 293 Å². The fourth-order valence-corrected chi connectivity index (χ4v) is 12.5. The van der Waals surface area contributed by atoms with Crippen molar-refractivity contribution < 1.29 is 0 Å². The second-order valence-electron chi connectivity index (χ2n) is 19.3. The lowest BCUT2D eigenvalue weighted by atomic mass is 9.67. The molecule has 0 saturated heterocycles. The third-order valence-corrected chi connectivity index (χ3v) is 15.7. The second-order valence-corrected chi connectivity index (χ2v) is 19.3. The van der Waals surface area contributed by atoms with Gasteiger partial charge in [0.1, 0.15) is 0 Å². The van der Waals surface area contributed by atoms with Crippen LogP contribution >= 0.6 is 0 Å². The van der Waals surface area contributed by atoms with Crippen LogP contribution in [-0.2, 0) is 16.2 Å². The summed E-state index contributed by atoms with van der Waals surface area (Å²) in [6.45, 7) is 7.15. The van der Waals surface area contributed by atoms with Gasteiger partial charge in [-0.25, -0.2) is 0 Å². The zero-order chi connectivity index (χ0) is 44.9. The summed E-state index contributed by atoms with van der Waals surface area (Å²) in [4.78, 5) is 2.52. The molecule has 0 spiro atoms. The Balaban J connectivity index is 1.01. The van der Waals surface area contributed by atoms with Crippen molar-refractivity contribution in [3.63, 3.8) is 0 Å². The quantitative estimate of drug-likeness (QED) is 0.154. The molecule has 0 N–H and O–H groups in total. The molecule has 3 aliphatic rings. The van der Waals surface area contributed by atoms with Crippen molar-refractivity contribution in [2.75, 3.05) is 4.90 Å². The molecule has 318 valence electrons. The molecule has 0 aromatic heterocycles. The third-order valence-electron chi connectivity index (χ3n) is 15.7. The summed E-state index contributed by atoms with van der Waals surface area (Å²) in [5.41, 5.74) is 24.6. The van der Waals surface area contributed by atoms with E-state index in [0.717, 1.165) is 11.4 Å². The van der Waals surface area contributed by atoms with Gasteiger partial charge < -0.3 is 4.90 Å². The Hall–Kier alpha value is -8.00. The molecular weight excluding hydrogens is 807 g/mol. The van der Waals surface area contributed by atoms with Gasteiger partial charge in [0, 0.05) is 27.8 Å². The minimum atomic E-state index is -0.519. The fourth-order valence-electron chi connectivity index (χ4n) is 12.5. The number of hydrogen-bond donors (Lipinski definition) is 0. The van der Waals surface area contributed by atoms with Crippen molar-refractivity contribution in [1.82, 2.24) is 0 Å².